The van der Waals surface area contributed by atoms with E-state index in [2.05, 4.69) is 34.6 Å². The topological polar surface area (TPSA) is 91.0 Å². The second-order valence-corrected chi connectivity index (χ2v) is 7.17. The van der Waals surface area contributed by atoms with E-state index in [9.17, 15) is 4.79 Å². The van der Waals surface area contributed by atoms with Crippen LogP contribution in [0.1, 0.15) is 32.6 Å². The average molecular weight is 411 g/mol. The van der Waals surface area contributed by atoms with E-state index in [0.717, 1.165) is 23.2 Å². The molecule has 0 atom stereocenters. The molecule has 0 fully saturated rings. The molecule has 3 rings (SSSR count). The Bertz CT molecular complexity index is 1110. The molecule has 0 radical (unpaired) electrons. The molecule has 0 aliphatic carbocycles. The van der Waals surface area contributed by atoms with Crippen LogP contribution in [0.2, 0.25) is 0 Å². The summed E-state index contributed by atoms with van der Waals surface area (Å²) in [5.41, 5.74) is 10.7. The zero-order valence-corrected chi connectivity index (χ0v) is 17.5. The van der Waals surface area contributed by atoms with Crippen molar-refractivity contribution in [1.29, 1.82) is 5.41 Å². The van der Waals surface area contributed by atoms with Gasteiger partial charge in [-0.1, -0.05) is 48.2 Å². The van der Waals surface area contributed by atoms with E-state index >= 15 is 0 Å². The van der Waals surface area contributed by atoms with Gasteiger partial charge in [0.05, 0.1) is 6.54 Å². The zero-order chi connectivity index (χ0) is 22.1. The summed E-state index contributed by atoms with van der Waals surface area (Å²) < 4.78 is 0. The van der Waals surface area contributed by atoms with Crippen LogP contribution in [-0.4, -0.2) is 24.8 Å². The van der Waals surface area contributed by atoms with Gasteiger partial charge in [-0.3, -0.25) is 10.2 Å². The second-order valence-electron chi connectivity index (χ2n) is 7.17. The van der Waals surface area contributed by atoms with E-state index in [1.807, 2.05) is 55.5 Å². The van der Waals surface area contributed by atoms with Gasteiger partial charge in [0.1, 0.15) is 5.84 Å². The van der Waals surface area contributed by atoms with Crippen LogP contribution in [0.25, 0.3) is 0 Å². The fourth-order valence-electron chi connectivity index (χ4n) is 3.02. The maximum atomic E-state index is 12.5. The molecule has 1 amide bonds. The molecule has 0 saturated heterocycles. The number of carbonyl (C=O) groups excluding carboxylic acids is 1. The Kier molecular flexibility index (Phi) is 7.45. The first-order valence-electron chi connectivity index (χ1n) is 10.1. The molecule has 0 aliphatic heterocycles. The average Bonchev–Trinajstić information content (AvgIpc) is 2.78. The number of hydrogen-bond donors (Lipinski definition) is 4. The summed E-state index contributed by atoms with van der Waals surface area (Å²) in [6, 6.07) is 23.0. The predicted molar refractivity (Wildman–Crippen MR) is 126 cm³/mol. The molecule has 0 saturated carbocycles. The van der Waals surface area contributed by atoms with E-state index in [1.54, 1.807) is 12.1 Å². The Hall–Kier alpha value is -4.04. The molecule has 156 valence electrons. The summed E-state index contributed by atoms with van der Waals surface area (Å²) in [4.78, 5) is 12.5. The molecule has 31 heavy (non-hydrogen) atoms. The van der Waals surface area contributed by atoms with Crippen LogP contribution in [0.15, 0.2) is 72.8 Å². The summed E-state index contributed by atoms with van der Waals surface area (Å²) in [5.74, 6) is 6.20. The molecular formula is C26H26N4O. The van der Waals surface area contributed by atoms with Gasteiger partial charge in [0.25, 0.3) is 5.91 Å². The maximum absolute atomic E-state index is 12.5. The summed E-state index contributed by atoms with van der Waals surface area (Å²) in [7, 11) is 0. The van der Waals surface area contributed by atoms with E-state index < -0.39 is 0 Å². The number of carbonyl (C=O) groups is 1. The van der Waals surface area contributed by atoms with Crippen molar-refractivity contribution in [3.63, 3.8) is 0 Å². The molecule has 0 spiro atoms. The minimum Gasteiger partial charge on any atom is -0.384 e. The van der Waals surface area contributed by atoms with Crippen molar-refractivity contribution < 1.29 is 4.79 Å². The highest BCUT2D eigenvalue weighted by Crippen LogP contribution is 2.11. The number of nitrogens with two attached hydrogens (primary N) is 1. The van der Waals surface area contributed by atoms with E-state index in [0.29, 0.717) is 24.2 Å². The van der Waals surface area contributed by atoms with Gasteiger partial charge in [-0.15, -0.1) is 0 Å². The van der Waals surface area contributed by atoms with Gasteiger partial charge >= 0.3 is 0 Å². The van der Waals surface area contributed by atoms with Crippen LogP contribution in [0, 0.1) is 24.2 Å². The third-order valence-electron chi connectivity index (χ3n) is 4.84. The lowest BCUT2D eigenvalue weighted by molar-refractivity contribution is 0.0954. The van der Waals surface area contributed by atoms with Gasteiger partial charge in [-0.2, -0.15) is 0 Å². The Morgan fingerprint density at radius 3 is 2.42 bits per heavy atom. The van der Waals surface area contributed by atoms with Gasteiger partial charge in [-0.25, -0.2) is 0 Å². The van der Waals surface area contributed by atoms with Crippen LogP contribution in [0.4, 0.5) is 5.69 Å². The number of benzene rings is 3. The SMILES string of the molecule is Cc1ccc(C(=O)NCCc2ccccc2)cc1C#CCNc1ccc(C(=N)N)cc1. The van der Waals surface area contributed by atoms with Gasteiger partial charge < -0.3 is 16.4 Å². The summed E-state index contributed by atoms with van der Waals surface area (Å²) >= 11 is 0. The second kappa shape index (κ2) is 10.7. The molecule has 0 aromatic heterocycles. The number of anilines is 1. The Morgan fingerprint density at radius 1 is 1.00 bits per heavy atom. The van der Waals surface area contributed by atoms with Crippen LogP contribution >= 0.6 is 0 Å². The molecule has 3 aromatic carbocycles. The van der Waals surface area contributed by atoms with E-state index in [1.165, 1.54) is 5.56 Å². The molecule has 3 aromatic rings. The third kappa shape index (κ3) is 6.48. The van der Waals surface area contributed by atoms with Crippen LogP contribution in [-0.2, 0) is 6.42 Å². The van der Waals surface area contributed by atoms with Crippen molar-refractivity contribution in [2.24, 2.45) is 5.73 Å². The third-order valence-corrected chi connectivity index (χ3v) is 4.84. The standard InChI is InChI=1S/C26H26N4O/c1-19-9-10-23(26(31)30-17-15-20-6-3-2-4-7-20)18-22(19)8-5-16-29-24-13-11-21(12-14-24)25(27)28/h2-4,6-7,9-14,18,29H,15-17H2,1H3,(H3,27,28)(H,30,31). The van der Waals surface area contributed by atoms with Gasteiger partial charge in [0.2, 0.25) is 0 Å². The number of hydrogen-bond acceptors (Lipinski definition) is 3. The van der Waals surface area contributed by atoms with Gasteiger partial charge in [-0.05, 0) is 60.9 Å². The summed E-state index contributed by atoms with van der Waals surface area (Å²) in [5, 5.41) is 13.6. The normalized spacial score (nSPS) is 9.97. The lowest BCUT2D eigenvalue weighted by Crippen LogP contribution is -2.25. The molecule has 0 bridgehead atoms. The zero-order valence-electron chi connectivity index (χ0n) is 17.5. The Balaban J connectivity index is 1.55. The predicted octanol–water partition coefficient (Wildman–Crippen LogP) is 3.72. The highest BCUT2D eigenvalue weighted by atomic mass is 16.1. The molecule has 0 aliphatic rings. The van der Waals surface area contributed by atoms with Crippen molar-refractivity contribution in [2.45, 2.75) is 13.3 Å². The monoisotopic (exact) mass is 410 g/mol. The number of amides is 1. The molecule has 5 N–H and O–H groups in total. The highest BCUT2D eigenvalue weighted by Gasteiger charge is 2.07. The Labute approximate surface area is 183 Å². The Morgan fingerprint density at radius 2 is 1.71 bits per heavy atom. The van der Waals surface area contributed by atoms with Crippen molar-refractivity contribution in [3.05, 3.63) is 101 Å². The minimum atomic E-state index is -0.0948. The van der Waals surface area contributed by atoms with E-state index in [4.69, 9.17) is 11.1 Å². The number of rotatable bonds is 7. The fraction of sp³-hybridized carbons (Fsp3) is 0.154. The van der Waals surface area contributed by atoms with Gasteiger partial charge in [0.15, 0.2) is 0 Å². The smallest absolute Gasteiger partial charge is 0.251 e. The lowest BCUT2D eigenvalue weighted by Gasteiger charge is -2.07. The first-order valence-corrected chi connectivity index (χ1v) is 10.1. The largest absolute Gasteiger partial charge is 0.384 e. The highest BCUT2D eigenvalue weighted by molar-refractivity contribution is 5.95. The maximum Gasteiger partial charge on any atom is 0.251 e. The van der Waals surface area contributed by atoms with Crippen molar-refractivity contribution in [2.75, 3.05) is 18.4 Å². The molecule has 5 nitrogen and oxygen atoms in total. The first-order chi connectivity index (χ1) is 15.0. The van der Waals surface area contributed by atoms with Crippen molar-refractivity contribution in [3.8, 4) is 11.8 Å². The van der Waals surface area contributed by atoms with E-state index in [-0.39, 0.29) is 11.7 Å². The number of nitrogens with one attached hydrogen (secondary N) is 3. The number of amidine groups is 1. The summed E-state index contributed by atoms with van der Waals surface area (Å²) in [6.07, 6.45) is 0.796. The molecule has 5 heteroatoms. The van der Waals surface area contributed by atoms with Crippen molar-refractivity contribution >= 4 is 17.4 Å². The molecule has 0 heterocycles. The fourth-order valence-corrected chi connectivity index (χ4v) is 3.02. The van der Waals surface area contributed by atoms with Crippen LogP contribution in [0.5, 0.6) is 0 Å². The minimum absolute atomic E-state index is 0.0470. The lowest BCUT2D eigenvalue weighted by atomic mass is 10.0. The van der Waals surface area contributed by atoms with Crippen molar-refractivity contribution in [1.82, 2.24) is 5.32 Å². The van der Waals surface area contributed by atoms with Crippen LogP contribution in [0.3, 0.4) is 0 Å². The first kappa shape index (κ1) is 21.7. The van der Waals surface area contributed by atoms with Crippen LogP contribution < -0.4 is 16.4 Å². The van der Waals surface area contributed by atoms with Gasteiger partial charge in [0, 0.05) is 28.9 Å². The molecular weight excluding hydrogens is 384 g/mol. The summed E-state index contributed by atoms with van der Waals surface area (Å²) in [6.45, 7) is 3.03. The number of nitrogen functional groups attached to an aromatic ring is 1. The number of aryl methyl sites for hydroxylation is 1. The quantitative estimate of drug-likeness (QED) is 0.272. The molecule has 0 unspecified atom stereocenters.